The number of rotatable bonds is 6. The Bertz CT molecular complexity index is 656. The summed E-state index contributed by atoms with van der Waals surface area (Å²) in [5, 5.41) is 14.7. The maximum atomic E-state index is 12.3. The van der Waals surface area contributed by atoms with Crippen LogP contribution in [-0.4, -0.2) is 49.5 Å². The van der Waals surface area contributed by atoms with Crippen LogP contribution in [0.4, 0.5) is 0 Å². The summed E-state index contributed by atoms with van der Waals surface area (Å²) < 4.78 is 5.39. The average molecular weight is 316 g/mol. The van der Waals surface area contributed by atoms with Gasteiger partial charge >= 0.3 is 0 Å². The first-order valence-electron chi connectivity index (χ1n) is 8.11. The van der Waals surface area contributed by atoms with E-state index in [0.717, 1.165) is 42.5 Å². The first kappa shape index (κ1) is 16.0. The number of methoxy groups -OCH3 is 1. The molecule has 0 radical (unpaired) electrons. The number of carbonyl (C=O) groups excluding carboxylic acids is 1. The third-order valence-electron chi connectivity index (χ3n) is 4.65. The van der Waals surface area contributed by atoms with E-state index in [4.69, 9.17) is 4.74 Å². The number of para-hydroxylation sites is 1. The fourth-order valence-corrected chi connectivity index (χ4v) is 3.29. The van der Waals surface area contributed by atoms with Crippen molar-refractivity contribution in [2.45, 2.75) is 19.3 Å². The minimum atomic E-state index is 0.0217. The van der Waals surface area contributed by atoms with E-state index in [1.54, 1.807) is 7.11 Å². The first-order chi connectivity index (χ1) is 11.2. The van der Waals surface area contributed by atoms with Gasteiger partial charge in [0, 0.05) is 24.5 Å². The fraction of sp³-hybridized carbons (Fsp3) is 0.529. The van der Waals surface area contributed by atoms with E-state index in [1.807, 2.05) is 24.3 Å². The molecule has 1 aliphatic rings. The number of carbonyl (C=O) groups is 1. The number of amides is 1. The lowest BCUT2D eigenvalue weighted by atomic mass is 9.79. The maximum absolute atomic E-state index is 12.3. The molecule has 2 heterocycles. The van der Waals surface area contributed by atoms with E-state index in [1.165, 1.54) is 0 Å². The smallest absolute Gasteiger partial charge is 0.226 e. The van der Waals surface area contributed by atoms with Crippen molar-refractivity contribution < 1.29 is 9.53 Å². The average Bonchev–Trinajstić information content (AvgIpc) is 2.98. The minimum absolute atomic E-state index is 0.0217. The summed E-state index contributed by atoms with van der Waals surface area (Å²) >= 11 is 0. The van der Waals surface area contributed by atoms with Crippen LogP contribution >= 0.6 is 0 Å². The molecule has 0 atom stereocenters. The third kappa shape index (κ3) is 3.71. The number of H-pyrrole nitrogens is 1. The normalized spacial score (nSPS) is 17.3. The second-order valence-electron chi connectivity index (χ2n) is 6.36. The molecular formula is C17H24N4O2. The Hall–Kier alpha value is -1.92. The van der Waals surface area contributed by atoms with Crippen LogP contribution in [0.2, 0.25) is 0 Å². The Balaban J connectivity index is 1.60. The van der Waals surface area contributed by atoms with Crippen molar-refractivity contribution in [1.82, 2.24) is 20.8 Å². The van der Waals surface area contributed by atoms with E-state index < -0.39 is 0 Å². The van der Waals surface area contributed by atoms with E-state index in [-0.39, 0.29) is 11.3 Å². The van der Waals surface area contributed by atoms with Crippen molar-refractivity contribution in [1.29, 1.82) is 0 Å². The van der Waals surface area contributed by atoms with Crippen molar-refractivity contribution in [3.05, 3.63) is 30.0 Å². The van der Waals surface area contributed by atoms with Gasteiger partial charge in [0.1, 0.15) is 0 Å². The van der Waals surface area contributed by atoms with Crippen molar-refractivity contribution >= 4 is 16.8 Å². The van der Waals surface area contributed by atoms with Gasteiger partial charge in [-0.05, 0) is 32.0 Å². The quantitative estimate of drug-likeness (QED) is 0.749. The Morgan fingerprint density at radius 2 is 2.13 bits per heavy atom. The molecule has 1 aliphatic heterocycles. The molecule has 6 nitrogen and oxygen atoms in total. The summed E-state index contributed by atoms with van der Waals surface area (Å²) in [6, 6.07) is 7.83. The van der Waals surface area contributed by atoms with Crippen LogP contribution < -0.4 is 10.6 Å². The van der Waals surface area contributed by atoms with E-state index in [9.17, 15) is 4.79 Å². The molecule has 2 aromatic rings. The van der Waals surface area contributed by atoms with Crippen LogP contribution in [0, 0.1) is 5.41 Å². The topological polar surface area (TPSA) is 79.0 Å². The van der Waals surface area contributed by atoms with Gasteiger partial charge in [-0.1, -0.05) is 18.2 Å². The molecule has 6 heteroatoms. The van der Waals surface area contributed by atoms with Crippen molar-refractivity contribution in [3.8, 4) is 0 Å². The maximum Gasteiger partial charge on any atom is 0.226 e. The molecular weight excluding hydrogens is 292 g/mol. The van der Waals surface area contributed by atoms with Gasteiger partial charge in [0.2, 0.25) is 5.91 Å². The standard InChI is InChI=1S/C17H24N4O2/c1-23-12-17(6-8-18-9-7-17)11-19-16(22)10-15-13-4-2-3-5-14(13)20-21-15/h2-5,18H,6-12H2,1H3,(H,19,22)(H,20,21). The van der Waals surface area contributed by atoms with Gasteiger partial charge in [-0.3, -0.25) is 9.89 Å². The molecule has 23 heavy (non-hydrogen) atoms. The second-order valence-corrected chi connectivity index (χ2v) is 6.36. The predicted octanol–water partition coefficient (Wildman–Crippen LogP) is 1.24. The molecule has 3 rings (SSSR count). The lowest BCUT2D eigenvalue weighted by Gasteiger charge is -2.37. The largest absolute Gasteiger partial charge is 0.384 e. The lowest BCUT2D eigenvalue weighted by Crippen LogP contribution is -2.47. The van der Waals surface area contributed by atoms with Crippen LogP contribution in [0.15, 0.2) is 24.3 Å². The number of piperidine rings is 1. The third-order valence-corrected chi connectivity index (χ3v) is 4.65. The molecule has 0 spiro atoms. The van der Waals surface area contributed by atoms with E-state index >= 15 is 0 Å². The zero-order valence-corrected chi connectivity index (χ0v) is 13.5. The molecule has 3 N–H and O–H groups in total. The molecule has 1 aromatic carbocycles. The number of hydrogen-bond acceptors (Lipinski definition) is 4. The predicted molar refractivity (Wildman–Crippen MR) is 89.2 cm³/mol. The molecule has 1 aromatic heterocycles. The van der Waals surface area contributed by atoms with Crippen molar-refractivity contribution in [3.63, 3.8) is 0 Å². The molecule has 1 saturated heterocycles. The molecule has 0 bridgehead atoms. The molecule has 0 aliphatic carbocycles. The summed E-state index contributed by atoms with van der Waals surface area (Å²) in [7, 11) is 1.72. The fourth-order valence-electron chi connectivity index (χ4n) is 3.29. The number of nitrogens with zero attached hydrogens (tertiary/aromatic N) is 1. The zero-order valence-electron chi connectivity index (χ0n) is 13.5. The summed E-state index contributed by atoms with van der Waals surface area (Å²) in [6.45, 7) is 3.30. The van der Waals surface area contributed by atoms with Crippen LogP contribution in [-0.2, 0) is 16.0 Å². The Kier molecular flexibility index (Phi) is 4.93. The molecule has 124 valence electrons. The van der Waals surface area contributed by atoms with Gasteiger partial charge in [0.05, 0.1) is 24.2 Å². The van der Waals surface area contributed by atoms with Crippen molar-refractivity contribution in [2.24, 2.45) is 5.41 Å². The highest BCUT2D eigenvalue weighted by Crippen LogP contribution is 2.28. The Morgan fingerprint density at radius 3 is 2.91 bits per heavy atom. The highest BCUT2D eigenvalue weighted by Gasteiger charge is 2.32. The molecule has 0 unspecified atom stereocenters. The van der Waals surface area contributed by atoms with E-state index in [2.05, 4.69) is 20.8 Å². The SMILES string of the molecule is COCC1(CNC(=O)Cc2[nH]nc3ccccc23)CCNCC1. The van der Waals surface area contributed by atoms with Gasteiger partial charge in [-0.15, -0.1) is 0 Å². The highest BCUT2D eigenvalue weighted by molar-refractivity contribution is 5.87. The number of fused-ring (bicyclic) bond motifs is 1. The highest BCUT2D eigenvalue weighted by atomic mass is 16.5. The van der Waals surface area contributed by atoms with Crippen molar-refractivity contribution in [2.75, 3.05) is 33.4 Å². The number of aromatic nitrogens is 2. The number of nitrogens with one attached hydrogen (secondary N) is 3. The summed E-state index contributed by atoms with van der Waals surface area (Å²) in [4.78, 5) is 12.3. The van der Waals surface area contributed by atoms with Crippen LogP contribution in [0.3, 0.4) is 0 Å². The van der Waals surface area contributed by atoms with Gasteiger partial charge in [0.25, 0.3) is 0 Å². The summed E-state index contributed by atoms with van der Waals surface area (Å²) in [5.74, 6) is 0.0217. The van der Waals surface area contributed by atoms with Crippen LogP contribution in [0.25, 0.3) is 10.9 Å². The van der Waals surface area contributed by atoms with Gasteiger partial charge in [-0.2, -0.15) is 5.10 Å². The number of aromatic amines is 1. The minimum Gasteiger partial charge on any atom is -0.384 e. The molecule has 0 saturated carbocycles. The number of hydrogen-bond donors (Lipinski definition) is 3. The summed E-state index contributed by atoms with van der Waals surface area (Å²) in [6.07, 6.45) is 2.37. The van der Waals surface area contributed by atoms with Gasteiger partial charge in [-0.25, -0.2) is 0 Å². The molecule has 1 fully saturated rings. The first-order valence-corrected chi connectivity index (χ1v) is 8.11. The van der Waals surface area contributed by atoms with Gasteiger partial charge < -0.3 is 15.4 Å². The second kappa shape index (κ2) is 7.10. The Labute approximate surface area is 136 Å². The monoisotopic (exact) mass is 316 g/mol. The van der Waals surface area contributed by atoms with E-state index in [0.29, 0.717) is 19.6 Å². The number of benzene rings is 1. The van der Waals surface area contributed by atoms with Crippen LogP contribution in [0.5, 0.6) is 0 Å². The number of ether oxygens (including phenoxy) is 1. The Morgan fingerprint density at radius 1 is 1.35 bits per heavy atom. The molecule has 1 amide bonds. The van der Waals surface area contributed by atoms with Crippen LogP contribution in [0.1, 0.15) is 18.5 Å². The lowest BCUT2D eigenvalue weighted by molar-refractivity contribution is -0.121. The zero-order chi connectivity index (χ0) is 16.1. The van der Waals surface area contributed by atoms with Gasteiger partial charge in [0.15, 0.2) is 0 Å². The summed E-state index contributed by atoms with van der Waals surface area (Å²) in [5.41, 5.74) is 1.81.